The number of allylic oxidation sites excluding steroid dienone is 3. The largest absolute Gasteiger partial charge is 0.376 e. The lowest BCUT2D eigenvalue weighted by molar-refractivity contribution is 0.608. The summed E-state index contributed by atoms with van der Waals surface area (Å²) in [5.41, 5.74) is 6.42. The molecule has 1 aliphatic rings. The van der Waals surface area contributed by atoms with Crippen molar-refractivity contribution in [1.82, 2.24) is 5.32 Å². The lowest BCUT2D eigenvalue weighted by Gasteiger charge is -2.27. The summed E-state index contributed by atoms with van der Waals surface area (Å²) in [7, 11) is 0. The van der Waals surface area contributed by atoms with E-state index in [4.69, 9.17) is 0 Å². The summed E-state index contributed by atoms with van der Waals surface area (Å²) < 4.78 is 15.3. The number of anilines is 1. The topological polar surface area (TPSA) is 15.3 Å². The first kappa shape index (κ1) is 19.6. The maximum absolute atomic E-state index is 15.3. The quantitative estimate of drug-likeness (QED) is 0.547. The first-order valence-electron chi connectivity index (χ1n) is 8.70. The van der Waals surface area contributed by atoms with Gasteiger partial charge in [-0.1, -0.05) is 19.2 Å². The normalized spacial score (nSPS) is 17.8. The van der Waals surface area contributed by atoms with Crippen molar-refractivity contribution in [2.45, 2.75) is 47.1 Å². The molecule has 1 unspecified atom stereocenters. The number of nitrogens with one attached hydrogen (secondary N) is 1. The van der Waals surface area contributed by atoms with Gasteiger partial charge in [-0.2, -0.15) is 0 Å². The molecule has 0 amide bonds. The van der Waals surface area contributed by atoms with Crippen molar-refractivity contribution >= 4 is 23.9 Å². The second-order valence-electron chi connectivity index (χ2n) is 6.89. The fraction of sp³-hybridized carbons (Fsp3) is 0.429. The molecule has 1 N–H and O–H groups in total. The third-order valence-corrected chi connectivity index (χ3v) is 5.42. The van der Waals surface area contributed by atoms with Crippen LogP contribution in [0.2, 0.25) is 0 Å². The van der Waals surface area contributed by atoms with Crippen LogP contribution in [-0.4, -0.2) is 19.1 Å². The van der Waals surface area contributed by atoms with Crippen molar-refractivity contribution in [2.75, 3.05) is 18.0 Å². The fourth-order valence-corrected chi connectivity index (χ4v) is 3.80. The van der Waals surface area contributed by atoms with Crippen LogP contribution in [0.1, 0.15) is 42.5 Å². The molecular formula is C21H29FN2S. The Bertz CT molecular complexity index is 720. The minimum atomic E-state index is -0.131. The van der Waals surface area contributed by atoms with Crippen LogP contribution in [0.25, 0.3) is 5.57 Å². The predicted octanol–water partition coefficient (Wildman–Crippen LogP) is 5.30. The van der Waals surface area contributed by atoms with Crippen molar-refractivity contribution in [3.8, 4) is 0 Å². The molecule has 2 nitrogen and oxygen atoms in total. The van der Waals surface area contributed by atoms with Gasteiger partial charge in [0.2, 0.25) is 0 Å². The molecule has 0 spiro atoms. The first-order valence-corrected chi connectivity index (χ1v) is 9.14. The number of benzene rings is 1. The minimum absolute atomic E-state index is 0.131. The first-order chi connectivity index (χ1) is 11.7. The summed E-state index contributed by atoms with van der Waals surface area (Å²) in [5.74, 6) is -0.131. The number of hydrogen-bond donors (Lipinski definition) is 2. The summed E-state index contributed by atoms with van der Waals surface area (Å²) in [5, 5.41) is 3.90. The molecule has 1 aromatic carbocycles. The standard InChI is InChI=1S/C21H29FN2S/c1-8-12(2)13(3)19-14(4)15(5)21(20(22)16(19)6)24-10-9-18(11-24)23-17(7)25/h8,18,23,25H,3,7,9-11H2,1-2,4-6H3/b12-8-. The van der Waals surface area contributed by atoms with E-state index in [0.29, 0.717) is 10.6 Å². The van der Waals surface area contributed by atoms with Gasteiger partial charge in [-0.25, -0.2) is 4.39 Å². The van der Waals surface area contributed by atoms with Gasteiger partial charge in [0.15, 0.2) is 0 Å². The van der Waals surface area contributed by atoms with Crippen LogP contribution in [0, 0.1) is 26.6 Å². The Labute approximate surface area is 156 Å². The molecule has 2 rings (SSSR count). The Morgan fingerprint density at radius 1 is 1.24 bits per heavy atom. The van der Waals surface area contributed by atoms with E-state index in [1.165, 1.54) is 0 Å². The molecule has 1 saturated heterocycles. The Morgan fingerprint density at radius 3 is 2.44 bits per heavy atom. The van der Waals surface area contributed by atoms with Crippen LogP contribution in [0.15, 0.2) is 29.8 Å². The predicted molar refractivity (Wildman–Crippen MR) is 111 cm³/mol. The average molecular weight is 361 g/mol. The van der Waals surface area contributed by atoms with Crippen molar-refractivity contribution in [1.29, 1.82) is 0 Å². The zero-order valence-electron chi connectivity index (χ0n) is 16.0. The molecular weight excluding hydrogens is 331 g/mol. The summed E-state index contributed by atoms with van der Waals surface area (Å²) in [6, 6.07) is 0.254. The number of nitrogens with zero attached hydrogens (tertiary/aromatic N) is 1. The molecule has 0 aliphatic carbocycles. The highest BCUT2D eigenvalue weighted by atomic mass is 32.1. The lowest BCUT2D eigenvalue weighted by Crippen LogP contribution is -2.31. The van der Waals surface area contributed by atoms with Gasteiger partial charge in [0.1, 0.15) is 5.82 Å². The minimum Gasteiger partial charge on any atom is -0.376 e. The number of rotatable bonds is 5. The summed E-state index contributed by atoms with van der Waals surface area (Å²) in [6.07, 6.45) is 2.96. The smallest absolute Gasteiger partial charge is 0.150 e. The van der Waals surface area contributed by atoms with E-state index in [9.17, 15) is 0 Å². The van der Waals surface area contributed by atoms with Crippen molar-refractivity contribution < 1.29 is 4.39 Å². The van der Waals surface area contributed by atoms with Crippen LogP contribution < -0.4 is 10.2 Å². The molecule has 0 saturated carbocycles. The van der Waals surface area contributed by atoms with Gasteiger partial charge in [0, 0.05) is 19.1 Å². The van der Waals surface area contributed by atoms with E-state index in [1.807, 2.05) is 33.8 Å². The van der Waals surface area contributed by atoms with Gasteiger partial charge in [0.05, 0.1) is 10.7 Å². The van der Waals surface area contributed by atoms with Gasteiger partial charge >= 0.3 is 0 Å². The molecule has 1 aliphatic heterocycles. The van der Waals surface area contributed by atoms with Crippen LogP contribution in [0.4, 0.5) is 10.1 Å². The van der Waals surface area contributed by atoms with Gasteiger partial charge in [-0.3, -0.25) is 0 Å². The zero-order chi connectivity index (χ0) is 18.9. The molecule has 0 bridgehead atoms. The van der Waals surface area contributed by atoms with Gasteiger partial charge in [-0.15, -0.1) is 12.6 Å². The van der Waals surface area contributed by atoms with Crippen LogP contribution in [0.3, 0.4) is 0 Å². The van der Waals surface area contributed by atoms with Crippen molar-refractivity contribution in [3.63, 3.8) is 0 Å². The molecule has 0 aromatic heterocycles. The van der Waals surface area contributed by atoms with E-state index in [0.717, 1.165) is 53.0 Å². The van der Waals surface area contributed by atoms with E-state index in [2.05, 4.69) is 42.9 Å². The highest BCUT2D eigenvalue weighted by molar-refractivity contribution is 7.84. The summed E-state index contributed by atoms with van der Waals surface area (Å²) >= 11 is 4.21. The Hall–Kier alpha value is -1.68. The van der Waals surface area contributed by atoms with Gasteiger partial charge in [-0.05, 0) is 74.4 Å². The maximum Gasteiger partial charge on any atom is 0.150 e. The van der Waals surface area contributed by atoms with E-state index < -0.39 is 0 Å². The SMILES string of the molecule is C=C(S)NC1CCN(c2c(C)c(C)c(C(=C)/C(C)=C\C)c(C)c2F)C1. The number of thiol groups is 1. The highest BCUT2D eigenvalue weighted by Gasteiger charge is 2.28. The average Bonchev–Trinajstić information content (AvgIpc) is 2.99. The number of halogens is 1. The van der Waals surface area contributed by atoms with Crippen LogP contribution in [-0.2, 0) is 0 Å². The third kappa shape index (κ3) is 3.79. The molecule has 1 aromatic rings. The van der Waals surface area contributed by atoms with Crippen LogP contribution >= 0.6 is 12.6 Å². The molecule has 25 heavy (non-hydrogen) atoms. The van der Waals surface area contributed by atoms with E-state index >= 15 is 4.39 Å². The van der Waals surface area contributed by atoms with Crippen LogP contribution in [0.5, 0.6) is 0 Å². The summed E-state index contributed by atoms with van der Waals surface area (Å²) in [4.78, 5) is 2.13. The Morgan fingerprint density at radius 2 is 1.88 bits per heavy atom. The molecule has 1 heterocycles. The second-order valence-corrected chi connectivity index (χ2v) is 7.43. The van der Waals surface area contributed by atoms with E-state index in [1.54, 1.807) is 0 Å². The van der Waals surface area contributed by atoms with Crippen molar-refractivity contribution in [3.05, 3.63) is 57.9 Å². The monoisotopic (exact) mass is 360 g/mol. The zero-order valence-corrected chi connectivity index (χ0v) is 16.9. The summed E-state index contributed by atoms with van der Waals surface area (Å²) in [6.45, 7) is 19.5. The molecule has 1 atom stereocenters. The number of hydrogen-bond acceptors (Lipinski definition) is 3. The molecule has 136 valence electrons. The van der Waals surface area contributed by atoms with Crippen molar-refractivity contribution in [2.24, 2.45) is 0 Å². The third-order valence-electron chi connectivity index (χ3n) is 5.29. The Kier molecular flexibility index (Phi) is 6.04. The van der Waals surface area contributed by atoms with Gasteiger partial charge < -0.3 is 10.2 Å². The highest BCUT2D eigenvalue weighted by Crippen LogP contribution is 2.38. The molecule has 0 radical (unpaired) electrons. The second kappa shape index (κ2) is 7.69. The van der Waals surface area contributed by atoms with Gasteiger partial charge in [0.25, 0.3) is 0 Å². The molecule has 4 heteroatoms. The van der Waals surface area contributed by atoms with E-state index in [-0.39, 0.29) is 11.9 Å². The lowest BCUT2D eigenvalue weighted by atomic mass is 9.88. The fourth-order valence-electron chi connectivity index (χ4n) is 3.62. The molecule has 1 fully saturated rings. The Balaban J connectivity index is 2.46. The maximum atomic E-state index is 15.3.